The third kappa shape index (κ3) is 3.03. The number of nitrogens with zero attached hydrogens (tertiary/aromatic N) is 2. The molecule has 0 saturated heterocycles. The molecule has 0 bridgehead atoms. The average molecular weight is 325 g/mol. The lowest BCUT2D eigenvalue weighted by Crippen LogP contribution is -2.37. The SMILES string of the molecule is O=C(Cn1cnc2c(oc3ccccc32)c1=O)NCC(F)(F)F. The molecule has 23 heavy (non-hydrogen) atoms. The lowest BCUT2D eigenvalue weighted by atomic mass is 10.2. The molecular weight excluding hydrogens is 315 g/mol. The van der Waals surface area contributed by atoms with E-state index in [1.54, 1.807) is 29.6 Å². The van der Waals surface area contributed by atoms with Crippen LogP contribution in [-0.2, 0) is 11.3 Å². The normalized spacial score (nSPS) is 12.0. The van der Waals surface area contributed by atoms with E-state index in [9.17, 15) is 22.8 Å². The lowest BCUT2D eigenvalue weighted by Gasteiger charge is -2.09. The molecule has 0 unspecified atom stereocenters. The lowest BCUT2D eigenvalue weighted by molar-refractivity contribution is -0.138. The molecule has 0 saturated carbocycles. The van der Waals surface area contributed by atoms with Crippen molar-refractivity contribution >= 4 is 28.0 Å². The van der Waals surface area contributed by atoms with Crippen molar-refractivity contribution in [3.8, 4) is 0 Å². The topological polar surface area (TPSA) is 77.1 Å². The van der Waals surface area contributed by atoms with Gasteiger partial charge in [-0.3, -0.25) is 14.2 Å². The molecule has 0 aliphatic carbocycles. The zero-order chi connectivity index (χ0) is 16.6. The Bertz CT molecular complexity index is 943. The summed E-state index contributed by atoms with van der Waals surface area (Å²) in [6, 6.07) is 6.88. The summed E-state index contributed by atoms with van der Waals surface area (Å²) < 4.78 is 42.5. The van der Waals surface area contributed by atoms with Gasteiger partial charge in [0.15, 0.2) is 0 Å². The second kappa shape index (κ2) is 5.41. The van der Waals surface area contributed by atoms with E-state index in [1.807, 2.05) is 0 Å². The Morgan fingerprint density at radius 3 is 2.78 bits per heavy atom. The first-order valence-corrected chi connectivity index (χ1v) is 6.55. The van der Waals surface area contributed by atoms with Crippen molar-refractivity contribution in [1.29, 1.82) is 0 Å². The molecule has 0 atom stereocenters. The number of rotatable bonds is 3. The number of fused-ring (bicyclic) bond motifs is 3. The summed E-state index contributed by atoms with van der Waals surface area (Å²) in [6.07, 6.45) is -3.40. The molecule has 1 N–H and O–H groups in total. The summed E-state index contributed by atoms with van der Waals surface area (Å²) in [5.41, 5.74) is 0.134. The minimum atomic E-state index is -4.51. The van der Waals surface area contributed by atoms with Gasteiger partial charge < -0.3 is 9.73 Å². The fraction of sp³-hybridized carbons (Fsp3) is 0.214. The monoisotopic (exact) mass is 325 g/mol. The molecule has 120 valence electrons. The quantitative estimate of drug-likeness (QED) is 0.797. The highest BCUT2D eigenvalue weighted by Gasteiger charge is 2.27. The molecule has 1 aromatic carbocycles. The van der Waals surface area contributed by atoms with Crippen molar-refractivity contribution in [3.05, 3.63) is 40.9 Å². The molecule has 0 radical (unpaired) electrons. The van der Waals surface area contributed by atoms with Crippen LogP contribution >= 0.6 is 0 Å². The Morgan fingerprint density at radius 2 is 2.04 bits per heavy atom. The fourth-order valence-corrected chi connectivity index (χ4v) is 2.14. The van der Waals surface area contributed by atoms with Gasteiger partial charge >= 0.3 is 6.18 Å². The molecule has 0 aliphatic heterocycles. The van der Waals surface area contributed by atoms with Crippen LogP contribution in [0.1, 0.15) is 0 Å². The molecule has 3 aromatic rings. The average Bonchev–Trinajstić information content (AvgIpc) is 2.87. The summed E-state index contributed by atoms with van der Waals surface area (Å²) in [7, 11) is 0. The summed E-state index contributed by atoms with van der Waals surface area (Å²) in [5, 5.41) is 2.34. The highest BCUT2D eigenvalue weighted by Crippen LogP contribution is 2.23. The van der Waals surface area contributed by atoms with Gasteiger partial charge in [0.05, 0.1) is 6.33 Å². The van der Waals surface area contributed by atoms with Gasteiger partial charge in [-0.1, -0.05) is 12.1 Å². The van der Waals surface area contributed by atoms with Crippen molar-refractivity contribution in [2.24, 2.45) is 0 Å². The zero-order valence-electron chi connectivity index (χ0n) is 11.6. The van der Waals surface area contributed by atoms with Gasteiger partial charge in [0.25, 0.3) is 5.56 Å². The van der Waals surface area contributed by atoms with Crippen LogP contribution in [0.5, 0.6) is 0 Å². The van der Waals surface area contributed by atoms with Gasteiger partial charge in [-0.2, -0.15) is 13.2 Å². The van der Waals surface area contributed by atoms with Gasteiger partial charge in [-0.25, -0.2) is 4.98 Å². The fourth-order valence-electron chi connectivity index (χ4n) is 2.14. The summed E-state index contributed by atoms with van der Waals surface area (Å²) in [4.78, 5) is 27.8. The molecule has 3 rings (SSSR count). The molecular formula is C14H10F3N3O3. The van der Waals surface area contributed by atoms with Gasteiger partial charge in [0.1, 0.15) is 24.2 Å². The molecule has 2 aromatic heterocycles. The maximum absolute atomic E-state index is 12.3. The predicted octanol–water partition coefficient (Wildman–Crippen LogP) is 1.82. The summed E-state index contributed by atoms with van der Waals surface area (Å²) in [5.74, 6) is -0.943. The number of para-hydroxylation sites is 1. The highest BCUT2D eigenvalue weighted by atomic mass is 19.4. The number of alkyl halides is 3. The number of halogens is 3. The van der Waals surface area contributed by atoms with Crippen LogP contribution in [0.2, 0.25) is 0 Å². The van der Waals surface area contributed by atoms with E-state index >= 15 is 0 Å². The van der Waals surface area contributed by atoms with Crippen LogP contribution in [0.4, 0.5) is 13.2 Å². The molecule has 0 spiro atoms. The predicted molar refractivity (Wildman–Crippen MR) is 74.8 cm³/mol. The first-order valence-electron chi connectivity index (χ1n) is 6.55. The first-order chi connectivity index (χ1) is 10.8. The smallest absolute Gasteiger partial charge is 0.405 e. The third-order valence-electron chi connectivity index (χ3n) is 3.15. The van der Waals surface area contributed by atoms with Crippen LogP contribution in [0.25, 0.3) is 22.1 Å². The zero-order valence-corrected chi connectivity index (χ0v) is 11.6. The van der Waals surface area contributed by atoms with Crippen LogP contribution < -0.4 is 10.9 Å². The highest BCUT2D eigenvalue weighted by molar-refractivity contribution is 6.01. The molecule has 1 amide bonds. The molecule has 9 heteroatoms. The Labute approximate surface area is 126 Å². The van der Waals surface area contributed by atoms with Crippen molar-refractivity contribution < 1.29 is 22.4 Å². The number of hydrogen-bond acceptors (Lipinski definition) is 4. The number of carbonyl (C=O) groups excluding carboxylic acids is 1. The Hall–Kier alpha value is -2.84. The number of hydrogen-bond donors (Lipinski definition) is 1. The van der Waals surface area contributed by atoms with E-state index in [1.165, 1.54) is 0 Å². The van der Waals surface area contributed by atoms with Crippen molar-refractivity contribution in [1.82, 2.24) is 14.9 Å². The van der Waals surface area contributed by atoms with Gasteiger partial charge in [-0.05, 0) is 12.1 Å². The molecule has 2 heterocycles. The minimum Gasteiger partial charge on any atom is -0.448 e. The molecule has 6 nitrogen and oxygen atoms in total. The Morgan fingerprint density at radius 1 is 1.30 bits per heavy atom. The van der Waals surface area contributed by atoms with E-state index in [2.05, 4.69) is 4.98 Å². The van der Waals surface area contributed by atoms with Crippen LogP contribution in [0.3, 0.4) is 0 Å². The summed E-state index contributed by atoms with van der Waals surface area (Å²) >= 11 is 0. The Balaban J connectivity index is 1.91. The summed E-state index contributed by atoms with van der Waals surface area (Å²) in [6.45, 7) is -2.03. The molecule has 0 fully saturated rings. The maximum atomic E-state index is 12.3. The van der Waals surface area contributed by atoms with E-state index in [-0.39, 0.29) is 5.58 Å². The Kier molecular flexibility index (Phi) is 3.55. The van der Waals surface area contributed by atoms with Crippen molar-refractivity contribution in [2.75, 3.05) is 6.54 Å². The van der Waals surface area contributed by atoms with Gasteiger partial charge in [-0.15, -0.1) is 0 Å². The van der Waals surface area contributed by atoms with Gasteiger partial charge in [0.2, 0.25) is 11.5 Å². The van der Waals surface area contributed by atoms with Crippen molar-refractivity contribution in [2.45, 2.75) is 12.7 Å². The number of amides is 1. The van der Waals surface area contributed by atoms with Gasteiger partial charge in [0, 0.05) is 5.39 Å². The third-order valence-corrected chi connectivity index (χ3v) is 3.15. The standard InChI is InChI=1S/C14H10F3N3O3/c15-14(16,17)6-18-10(21)5-20-7-19-11-8-3-1-2-4-9(8)23-12(11)13(20)22/h1-4,7H,5-6H2,(H,18,21). The van der Waals surface area contributed by atoms with E-state index in [0.29, 0.717) is 16.5 Å². The van der Waals surface area contributed by atoms with Crippen LogP contribution in [0, 0.1) is 0 Å². The first kappa shape index (κ1) is 15.1. The number of aromatic nitrogens is 2. The molecule has 0 aliphatic rings. The second-order valence-corrected chi connectivity index (χ2v) is 4.85. The van der Waals surface area contributed by atoms with E-state index in [4.69, 9.17) is 4.42 Å². The number of nitrogens with one attached hydrogen (secondary N) is 1. The maximum Gasteiger partial charge on any atom is 0.405 e. The van der Waals surface area contributed by atoms with Crippen LogP contribution in [0.15, 0.2) is 39.8 Å². The van der Waals surface area contributed by atoms with Crippen molar-refractivity contribution in [3.63, 3.8) is 0 Å². The number of carbonyl (C=O) groups is 1. The second-order valence-electron chi connectivity index (χ2n) is 4.85. The minimum absolute atomic E-state index is 0.0441. The largest absolute Gasteiger partial charge is 0.448 e. The van der Waals surface area contributed by atoms with Crippen LogP contribution in [-0.4, -0.2) is 28.2 Å². The number of benzene rings is 1. The number of furan rings is 1. The van der Waals surface area contributed by atoms with E-state index in [0.717, 1.165) is 10.9 Å². The van der Waals surface area contributed by atoms with E-state index < -0.39 is 30.7 Å².